The molecule has 2 atom stereocenters. The molecule has 0 radical (unpaired) electrons. The number of aryl methyl sites for hydroxylation is 1. The van der Waals surface area contributed by atoms with Crippen molar-refractivity contribution < 1.29 is 5.11 Å². The predicted octanol–water partition coefficient (Wildman–Crippen LogP) is 4.76. The van der Waals surface area contributed by atoms with Crippen molar-refractivity contribution in [2.24, 2.45) is 11.3 Å². The Hall–Kier alpha value is -1.02. The molecule has 0 saturated heterocycles. The largest absolute Gasteiger partial charge is 0.394 e. The van der Waals surface area contributed by atoms with Crippen LogP contribution in [-0.4, -0.2) is 17.3 Å². The van der Waals surface area contributed by atoms with Crippen molar-refractivity contribution in [2.45, 2.75) is 65.3 Å². The van der Waals surface area contributed by atoms with Crippen LogP contribution < -0.4 is 5.32 Å². The van der Waals surface area contributed by atoms with E-state index in [2.05, 4.69) is 57.3 Å². The molecule has 0 amide bonds. The lowest BCUT2D eigenvalue weighted by Gasteiger charge is -2.34. The van der Waals surface area contributed by atoms with Gasteiger partial charge in [-0.25, -0.2) is 0 Å². The molecule has 1 aromatic rings. The second kappa shape index (κ2) is 6.39. The zero-order chi connectivity index (χ0) is 15.5. The van der Waals surface area contributed by atoms with Gasteiger partial charge >= 0.3 is 0 Å². The minimum Gasteiger partial charge on any atom is -0.394 e. The van der Waals surface area contributed by atoms with Gasteiger partial charge in [-0.15, -0.1) is 0 Å². The number of aliphatic hydroxyl groups is 1. The second-order valence-corrected chi connectivity index (χ2v) is 7.92. The van der Waals surface area contributed by atoms with Gasteiger partial charge in [-0.3, -0.25) is 0 Å². The van der Waals surface area contributed by atoms with Gasteiger partial charge < -0.3 is 10.4 Å². The van der Waals surface area contributed by atoms with Crippen molar-refractivity contribution in [2.75, 3.05) is 11.9 Å². The van der Waals surface area contributed by atoms with Crippen LogP contribution in [0.2, 0.25) is 0 Å². The smallest absolute Gasteiger partial charge is 0.0661 e. The van der Waals surface area contributed by atoms with Crippen LogP contribution in [-0.2, 0) is 0 Å². The fourth-order valence-electron chi connectivity index (χ4n) is 3.54. The number of anilines is 1. The number of rotatable bonds is 3. The lowest BCUT2D eigenvalue weighted by Crippen LogP contribution is -2.41. The van der Waals surface area contributed by atoms with Crippen molar-refractivity contribution in [3.63, 3.8) is 0 Å². The van der Waals surface area contributed by atoms with E-state index in [1.54, 1.807) is 0 Å². The van der Waals surface area contributed by atoms with E-state index in [1.165, 1.54) is 24.8 Å². The summed E-state index contributed by atoms with van der Waals surface area (Å²) in [4.78, 5) is 0. The van der Waals surface area contributed by atoms with Crippen LogP contribution in [0.5, 0.6) is 0 Å². The summed E-state index contributed by atoms with van der Waals surface area (Å²) in [5, 5.41) is 13.6. The summed E-state index contributed by atoms with van der Waals surface area (Å²) in [5.41, 5.74) is 2.63. The molecule has 2 nitrogen and oxygen atoms in total. The third-order valence-electron chi connectivity index (χ3n) is 5.17. The molecule has 2 rings (SSSR count). The fraction of sp³-hybridized carbons (Fsp3) is 0.684. The van der Waals surface area contributed by atoms with Crippen molar-refractivity contribution in [1.29, 1.82) is 0 Å². The van der Waals surface area contributed by atoms with Gasteiger partial charge in [0.1, 0.15) is 0 Å². The van der Waals surface area contributed by atoms with Gasteiger partial charge in [-0.05, 0) is 56.1 Å². The van der Waals surface area contributed by atoms with E-state index in [4.69, 9.17) is 0 Å². The van der Waals surface area contributed by atoms with Gasteiger partial charge in [-0.1, -0.05) is 44.9 Å². The third-order valence-corrected chi connectivity index (χ3v) is 5.17. The molecule has 118 valence electrons. The SMILES string of the molecule is Cc1ccc(NC2(CO)CCCC(C(C)(C)C)CC2)cc1. The Morgan fingerprint density at radius 3 is 2.38 bits per heavy atom. The Balaban J connectivity index is 2.09. The van der Waals surface area contributed by atoms with E-state index in [9.17, 15) is 5.11 Å². The Kier molecular flexibility index (Phi) is 4.98. The van der Waals surface area contributed by atoms with E-state index < -0.39 is 0 Å². The molecule has 0 heterocycles. The molecule has 2 N–H and O–H groups in total. The standard InChI is InChI=1S/C19H31NO/c1-15-7-9-17(10-8-15)20-19(14-21)12-5-6-16(11-13-19)18(2,3)4/h7-10,16,20-21H,5-6,11-14H2,1-4H3. The Labute approximate surface area is 130 Å². The first-order valence-electron chi connectivity index (χ1n) is 8.30. The highest BCUT2D eigenvalue weighted by Gasteiger charge is 2.35. The van der Waals surface area contributed by atoms with E-state index >= 15 is 0 Å². The highest BCUT2D eigenvalue weighted by atomic mass is 16.3. The predicted molar refractivity (Wildman–Crippen MR) is 90.6 cm³/mol. The average molecular weight is 289 g/mol. The van der Waals surface area contributed by atoms with Gasteiger partial charge in [0.2, 0.25) is 0 Å². The van der Waals surface area contributed by atoms with Crippen molar-refractivity contribution in [1.82, 2.24) is 0 Å². The summed E-state index contributed by atoms with van der Waals surface area (Å²) in [6.07, 6.45) is 5.79. The number of hydrogen-bond acceptors (Lipinski definition) is 2. The maximum atomic E-state index is 10.0. The first-order chi connectivity index (χ1) is 9.85. The monoisotopic (exact) mass is 289 g/mol. The topological polar surface area (TPSA) is 32.3 Å². The summed E-state index contributed by atoms with van der Waals surface area (Å²) in [5.74, 6) is 0.755. The Morgan fingerprint density at radius 2 is 1.81 bits per heavy atom. The maximum Gasteiger partial charge on any atom is 0.0661 e. The Morgan fingerprint density at radius 1 is 1.14 bits per heavy atom. The molecule has 2 heteroatoms. The van der Waals surface area contributed by atoms with Crippen molar-refractivity contribution >= 4 is 5.69 Å². The molecule has 1 aliphatic rings. The summed E-state index contributed by atoms with van der Waals surface area (Å²) < 4.78 is 0. The zero-order valence-electron chi connectivity index (χ0n) is 14.1. The molecule has 0 spiro atoms. The molecular weight excluding hydrogens is 258 g/mol. The van der Waals surface area contributed by atoms with E-state index in [-0.39, 0.29) is 12.1 Å². The van der Waals surface area contributed by atoms with Crippen LogP contribution in [0.25, 0.3) is 0 Å². The first kappa shape index (κ1) is 16.4. The molecule has 0 aliphatic heterocycles. The first-order valence-corrected chi connectivity index (χ1v) is 8.30. The molecule has 1 saturated carbocycles. The van der Waals surface area contributed by atoms with Gasteiger partial charge in [-0.2, -0.15) is 0 Å². The van der Waals surface area contributed by atoms with Crippen LogP contribution in [0.1, 0.15) is 58.4 Å². The fourth-order valence-corrected chi connectivity index (χ4v) is 3.54. The van der Waals surface area contributed by atoms with Crippen LogP contribution in [0.3, 0.4) is 0 Å². The summed E-state index contributed by atoms with van der Waals surface area (Å²) in [7, 11) is 0. The van der Waals surface area contributed by atoms with Crippen LogP contribution >= 0.6 is 0 Å². The molecule has 1 aromatic carbocycles. The van der Waals surface area contributed by atoms with E-state index in [1.807, 2.05) is 0 Å². The second-order valence-electron chi connectivity index (χ2n) is 7.92. The number of aliphatic hydroxyl groups excluding tert-OH is 1. The van der Waals surface area contributed by atoms with Crippen molar-refractivity contribution in [3.05, 3.63) is 29.8 Å². The summed E-state index contributed by atoms with van der Waals surface area (Å²) in [6, 6.07) is 8.50. The van der Waals surface area contributed by atoms with Gasteiger partial charge in [0.05, 0.1) is 12.1 Å². The Bertz CT molecular complexity index is 446. The van der Waals surface area contributed by atoms with Crippen molar-refractivity contribution in [3.8, 4) is 0 Å². The summed E-state index contributed by atoms with van der Waals surface area (Å²) in [6.45, 7) is 9.36. The van der Waals surface area contributed by atoms with Gasteiger partial charge in [0.25, 0.3) is 0 Å². The minimum atomic E-state index is -0.144. The number of nitrogens with one attached hydrogen (secondary N) is 1. The molecule has 1 fully saturated rings. The molecular formula is C19H31NO. The molecule has 21 heavy (non-hydrogen) atoms. The summed E-state index contributed by atoms with van der Waals surface area (Å²) >= 11 is 0. The molecule has 2 unspecified atom stereocenters. The number of hydrogen-bond donors (Lipinski definition) is 2. The molecule has 0 aromatic heterocycles. The van der Waals surface area contributed by atoms with E-state index in [0.29, 0.717) is 5.41 Å². The average Bonchev–Trinajstić information content (AvgIpc) is 2.64. The lowest BCUT2D eigenvalue weighted by molar-refractivity contribution is 0.182. The normalized spacial score (nSPS) is 27.2. The van der Waals surface area contributed by atoms with Gasteiger partial charge in [0, 0.05) is 5.69 Å². The zero-order valence-corrected chi connectivity index (χ0v) is 14.1. The highest BCUT2D eigenvalue weighted by Crippen LogP contribution is 2.40. The third kappa shape index (κ3) is 4.23. The molecule has 0 bridgehead atoms. The van der Waals surface area contributed by atoms with E-state index in [0.717, 1.165) is 24.4 Å². The maximum absolute atomic E-state index is 10.0. The lowest BCUT2D eigenvalue weighted by atomic mass is 9.76. The highest BCUT2D eigenvalue weighted by molar-refractivity contribution is 5.47. The van der Waals surface area contributed by atoms with Crippen LogP contribution in [0, 0.1) is 18.3 Å². The van der Waals surface area contributed by atoms with Crippen LogP contribution in [0.15, 0.2) is 24.3 Å². The minimum absolute atomic E-state index is 0.144. The number of benzene rings is 1. The molecule has 1 aliphatic carbocycles. The van der Waals surface area contributed by atoms with Crippen LogP contribution in [0.4, 0.5) is 5.69 Å². The quantitative estimate of drug-likeness (QED) is 0.786. The van der Waals surface area contributed by atoms with Gasteiger partial charge in [0.15, 0.2) is 0 Å².